The molecule has 0 unspecified atom stereocenters. The minimum absolute atomic E-state index is 0.474. The Balaban J connectivity index is 3.16. The summed E-state index contributed by atoms with van der Waals surface area (Å²) in [7, 11) is 0. The largest absolute Gasteiger partial charge is 0.363 e. The van der Waals surface area contributed by atoms with E-state index in [0.717, 1.165) is 12.0 Å². The van der Waals surface area contributed by atoms with Gasteiger partial charge in [0.1, 0.15) is 6.07 Å². The molecule has 0 bridgehead atoms. The highest BCUT2D eigenvalue weighted by Gasteiger charge is 2.10. The lowest BCUT2D eigenvalue weighted by molar-refractivity contribution is 0.814. The average Bonchev–Trinajstić information content (AvgIpc) is 2.46. The molecule has 2 heteroatoms. The quantitative estimate of drug-likeness (QED) is 0.713. The Bertz CT molecular complexity index is 302. The summed E-state index contributed by atoms with van der Waals surface area (Å²) in [6.07, 6.45) is 2.73. The fraction of sp³-hybridized carbons (Fsp3) is 0.500. The van der Waals surface area contributed by atoms with E-state index in [4.69, 9.17) is 5.26 Å². The first-order chi connectivity index (χ1) is 5.70. The number of rotatable bonds is 2. The lowest BCUT2D eigenvalue weighted by Crippen LogP contribution is -1.93. The molecule has 0 aliphatic rings. The highest BCUT2D eigenvalue weighted by Crippen LogP contribution is 2.21. The van der Waals surface area contributed by atoms with Crippen molar-refractivity contribution in [1.29, 1.82) is 5.26 Å². The molecule has 0 spiro atoms. The molecule has 1 aromatic rings. The van der Waals surface area contributed by atoms with Gasteiger partial charge >= 0.3 is 0 Å². The van der Waals surface area contributed by atoms with E-state index < -0.39 is 0 Å². The molecule has 2 nitrogen and oxygen atoms in total. The van der Waals surface area contributed by atoms with Crippen molar-refractivity contribution in [2.75, 3.05) is 0 Å². The summed E-state index contributed by atoms with van der Waals surface area (Å²) in [4.78, 5) is 3.15. The second-order valence-electron chi connectivity index (χ2n) is 3.21. The summed E-state index contributed by atoms with van der Waals surface area (Å²) in [6, 6.07) is 2.19. The van der Waals surface area contributed by atoms with Gasteiger partial charge in [0.2, 0.25) is 0 Å². The van der Waals surface area contributed by atoms with Crippen molar-refractivity contribution in [1.82, 2.24) is 4.98 Å². The first kappa shape index (κ1) is 8.86. The van der Waals surface area contributed by atoms with Crippen LogP contribution in [0, 0.1) is 11.3 Å². The van der Waals surface area contributed by atoms with Gasteiger partial charge in [0, 0.05) is 11.9 Å². The molecule has 0 fully saturated rings. The second kappa shape index (κ2) is 3.44. The Hall–Kier alpha value is -1.23. The van der Waals surface area contributed by atoms with Crippen LogP contribution in [0.3, 0.4) is 0 Å². The van der Waals surface area contributed by atoms with Gasteiger partial charge in [-0.2, -0.15) is 5.26 Å². The van der Waals surface area contributed by atoms with Crippen LogP contribution in [0.15, 0.2) is 6.20 Å². The van der Waals surface area contributed by atoms with E-state index in [-0.39, 0.29) is 0 Å². The number of nitrogens with one attached hydrogen (secondary N) is 1. The number of hydrogen-bond acceptors (Lipinski definition) is 1. The number of nitrogens with zero attached hydrogens (tertiary/aromatic N) is 1. The van der Waals surface area contributed by atoms with Crippen LogP contribution in [0.5, 0.6) is 0 Å². The first-order valence-corrected chi connectivity index (χ1v) is 4.30. The molecule has 1 aromatic heterocycles. The Morgan fingerprint density at radius 2 is 2.25 bits per heavy atom. The number of aromatic amines is 1. The number of aromatic nitrogens is 1. The third kappa shape index (κ3) is 1.35. The standard InChI is InChI=1S/C10H14N2/c1-4-9-8(5-11)6-12-10(9)7(2)3/h6-7,12H,4H2,1-3H3. The maximum Gasteiger partial charge on any atom is 0.101 e. The van der Waals surface area contributed by atoms with Crippen molar-refractivity contribution in [2.24, 2.45) is 0 Å². The Labute approximate surface area is 73.2 Å². The van der Waals surface area contributed by atoms with E-state index >= 15 is 0 Å². The lowest BCUT2D eigenvalue weighted by atomic mass is 10.0. The Morgan fingerprint density at radius 3 is 2.67 bits per heavy atom. The number of H-pyrrole nitrogens is 1. The maximum atomic E-state index is 8.77. The van der Waals surface area contributed by atoms with Gasteiger partial charge in [-0.05, 0) is 17.9 Å². The van der Waals surface area contributed by atoms with E-state index in [9.17, 15) is 0 Å². The highest BCUT2D eigenvalue weighted by atomic mass is 14.7. The molecule has 0 aliphatic carbocycles. The summed E-state index contributed by atoms with van der Waals surface area (Å²) < 4.78 is 0. The molecule has 0 saturated carbocycles. The molecular formula is C10H14N2. The van der Waals surface area contributed by atoms with E-state index in [1.54, 1.807) is 6.20 Å². The smallest absolute Gasteiger partial charge is 0.101 e. The predicted octanol–water partition coefficient (Wildman–Crippen LogP) is 2.57. The molecule has 0 aliphatic heterocycles. The van der Waals surface area contributed by atoms with Crippen molar-refractivity contribution in [2.45, 2.75) is 33.1 Å². The van der Waals surface area contributed by atoms with Crippen molar-refractivity contribution in [3.05, 3.63) is 23.0 Å². The van der Waals surface area contributed by atoms with Gasteiger partial charge in [-0.25, -0.2) is 0 Å². The molecule has 0 aromatic carbocycles. The fourth-order valence-corrected chi connectivity index (χ4v) is 1.47. The zero-order chi connectivity index (χ0) is 9.14. The van der Waals surface area contributed by atoms with Crippen molar-refractivity contribution < 1.29 is 0 Å². The van der Waals surface area contributed by atoms with E-state index in [0.29, 0.717) is 5.92 Å². The predicted molar refractivity (Wildman–Crippen MR) is 49.0 cm³/mol. The molecule has 0 saturated heterocycles. The Kier molecular flexibility index (Phi) is 2.54. The average molecular weight is 162 g/mol. The monoisotopic (exact) mass is 162 g/mol. The van der Waals surface area contributed by atoms with Crippen LogP contribution < -0.4 is 0 Å². The van der Waals surface area contributed by atoms with E-state index in [1.807, 2.05) is 0 Å². The van der Waals surface area contributed by atoms with Crippen LogP contribution in [0.4, 0.5) is 0 Å². The minimum Gasteiger partial charge on any atom is -0.363 e. The van der Waals surface area contributed by atoms with Crippen molar-refractivity contribution in [3.63, 3.8) is 0 Å². The zero-order valence-corrected chi connectivity index (χ0v) is 7.81. The molecule has 1 heterocycles. The van der Waals surface area contributed by atoms with Gasteiger partial charge in [-0.3, -0.25) is 0 Å². The number of hydrogen-bond donors (Lipinski definition) is 1. The summed E-state index contributed by atoms with van der Waals surface area (Å²) >= 11 is 0. The topological polar surface area (TPSA) is 39.6 Å². The summed E-state index contributed by atoms with van der Waals surface area (Å²) in [6.45, 7) is 6.34. The molecule has 0 amide bonds. The highest BCUT2D eigenvalue weighted by molar-refractivity contribution is 5.41. The molecule has 64 valence electrons. The first-order valence-electron chi connectivity index (χ1n) is 4.30. The van der Waals surface area contributed by atoms with Gasteiger partial charge in [0.25, 0.3) is 0 Å². The van der Waals surface area contributed by atoms with Gasteiger partial charge in [-0.15, -0.1) is 0 Å². The van der Waals surface area contributed by atoms with Gasteiger partial charge < -0.3 is 4.98 Å². The third-order valence-electron chi connectivity index (χ3n) is 2.07. The van der Waals surface area contributed by atoms with Gasteiger partial charge in [-0.1, -0.05) is 20.8 Å². The third-order valence-corrected chi connectivity index (χ3v) is 2.07. The van der Waals surface area contributed by atoms with Crippen LogP contribution in [0.2, 0.25) is 0 Å². The van der Waals surface area contributed by atoms with E-state index in [2.05, 4.69) is 31.8 Å². The zero-order valence-electron chi connectivity index (χ0n) is 7.81. The van der Waals surface area contributed by atoms with Gasteiger partial charge in [0.15, 0.2) is 0 Å². The second-order valence-corrected chi connectivity index (χ2v) is 3.21. The van der Waals surface area contributed by atoms with Gasteiger partial charge in [0.05, 0.1) is 5.56 Å². The number of nitriles is 1. The maximum absolute atomic E-state index is 8.77. The molecule has 1 rings (SSSR count). The molecule has 0 atom stereocenters. The van der Waals surface area contributed by atoms with Crippen LogP contribution in [-0.4, -0.2) is 4.98 Å². The van der Waals surface area contributed by atoms with E-state index in [1.165, 1.54) is 11.3 Å². The van der Waals surface area contributed by atoms with Crippen molar-refractivity contribution >= 4 is 0 Å². The lowest BCUT2D eigenvalue weighted by Gasteiger charge is -2.04. The molecular weight excluding hydrogens is 148 g/mol. The summed E-state index contributed by atoms with van der Waals surface area (Å²) in [5.74, 6) is 0.474. The minimum atomic E-state index is 0.474. The molecule has 1 N–H and O–H groups in total. The SMILES string of the molecule is CCc1c(C#N)c[nH]c1C(C)C. The van der Waals surface area contributed by atoms with Crippen LogP contribution in [0.25, 0.3) is 0 Å². The van der Waals surface area contributed by atoms with Crippen LogP contribution in [-0.2, 0) is 6.42 Å². The summed E-state index contributed by atoms with van der Waals surface area (Å²) in [5, 5.41) is 8.77. The molecule has 0 radical (unpaired) electrons. The molecule has 12 heavy (non-hydrogen) atoms. The fourth-order valence-electron chi connectivity index (χ4n) is 1.47. The summed E-state index contributed by atoms with van der Waals surface area (Å²) in [5.41, 5.74) is 3.17. The van der Waals surface area contributed by atoms with Crippen LogP contribution in [0.1, 0.15) is 43.5 Å². The normalized spacial score (nSPS) is 10.2. The van der Waals surface area contributed by atoms with Crippen LogP contribution >= 0.6 is 0 Å². The Morgan fingerprint density at radius 1 is 1.58 bits per heavy atom. The van der Waals surface area contributed by atoms with Crippen molar-refractivity contribution in [3.8, 4) is 6.07 Å².